The SMILES string of the molecule is CN(CCC(F)(F)F)C(=O)NCCC(O)C(=O)O. The Balaban J connectivity index is 3.85. The molecule has 0 saturated heterocycles. The molecule has 0 bridgehead atoms. The van der Waals surface area contributed by atoms with Crippen molar-refractivity contribution in [2.75, 3.05) is 20.1 Å². The van der Waals surface area contributed by atoms with Crippen molar-refractivity contribution in [3.63, 3.8) is 0 Å². The fourth-order valence-electron chi connectivity index (χ4n) is 0.970. The summed E-state index contributed by atoms with van der Waals surface area (Å²) in [6.45, 7) is -0.626. The molecule has 0 aromatic heterocycles. The van der Waals surface area contributed by atoms with Crippen LogP contribution in [0.3, 0.4) is 0 Å². The summed E-state index contributed by atoms with van der Waals surface area (Å²) in [5.41, 5.74) is 0. The summed E-state index contributed by atoms with van der Waals surface area (Å²) in [7, 11) is 1.19. The molecule has 0 radical (unpaired) electrons. The van der Waals surface area contributed by atoms with Gasteiger partial charge in [-0.15, -0.1) is 0 Å². The summed E-state index contributed by atoms with van der Waals surface area (Å²) in [5, 5.41) is 19.4. The average Bonchev–Trinajstić information content (AvgIpc) is 2.24. The molecule has 0 fully saturated rings. The Labute approximate surface area is 101 Å². The van der Waals surface area contributed by atoms with Crippen LogP contribution in [0.2, 0.25) is 0 Å². The molecule has 2 amide bonds. The van der Waals surface area contributed by atoms with Crippen LogP contribution >= 0.6 is 0 Å². The Bertz CT molecular complexity index is 296. The van der Waals surface area contributed by atoms with Gasteiger partial charge in [0.15, 0.2) is 6.10 Å². The Kier molecular flexibility index (Phi) is 6.45. The van der Waals surface area contributed by atoms with Crippen molar-refractivity contribution >= 4 is 12.0 Å². The van der Waals surface area contributed by atoms with Crippen LogP contribution in [0.25, 0.3) is 0 Å². The number of rotatable bonds is 6. The number of aliphatic carboxylic acids is 1. The largest absolute Gasteiger partial charge is 0.479 e. The number of carbonyl (C=O) groups is 2. The van der Waals surface area contributed by atoms with E-state index in [1.54, 1.807) is 0 Å². The minimum atomic E-state index is -4.34. The number of halogens is 3. The molecule has 0 rings (SSSR count). The molecule has 1 atom stereocenters. The Morgan fingerprint density at radius 2 is 1.94 bits per heavy atom. The number of hydrogen-bond donors (Lipinski definition) is 3. The standard InChI is InChI=1S/C9H15F3N2O4/c1-14(5-3-9(10,11)12)8(18)13-4-2-6(15)7(16)17/h6,15H,2-5H2,1H3,(H,13,18)(H,16,17). The third-order valence-corrected chi connectivity index (χ3v) is 2.06. The molecule has 0 aromatic rings. The van der Waals surface area contributed by atoms with Crippen molar-refractivity contribution < 1.29 is 33.0 Å². The van der Waals surface area contributed by atoms with Crippen LogP contribution in [0.15, 0.2) is 0 Å². The number of alkyl halides is 3. The van der Waals surface area contributed by atoms with Crippen LogP contribution in [0.1, 0.15) is 12.8 Å². The van der Waals surface area contributed by atoms with E-state index in [4.69, 9.17) is 10.2 Å². The topological polar surface area (TPSA) is 89.9 Å². The fraction of sp³-hybridized carbons (Fsp3) is 0.778. The van der Waals surface area contributed by atoms with E-state index < -0.39 is 37.2 Å². The molecule has 1 unspecified atom stereocenters. The zero-order valence-electron chi connectivity index (χ0n) is 9.70. The van der Waals surface area contributed by atoms with Gasteiger partial charge in [0.05, 0.1) is 6.42 Å². The fourth-order valence-corrected chi connectivity index (χ4v) is 0.970. The van der Waals surface area contributed by atoms with E-state index >= 15 is 0 Å². The van der Waals surface area contributed by atoms with Gasteiger partial charge in [0.25, 0.3) is 0 Å². The Morgan fingerprint density at radius 1 is 1.39 bits per heavy atom. The van der Waals surface area contributed by atoms with Gasteiger partial charge in [-0.3, -0.25) is 0 Å². The van der Waals surface area contributed by atoms with Crippen LogP contribution in [-0.2, 0) is 4.79 Å². The van der Waals surface area contributed by atoms with Gasteiger partial charge < -0.3 is 20.4 Å². The minimum absolute atomic E-state index is 0.136. The van der Waals surface area contributed by atoms with Gasteiger partial charge in [0.1, 0.15) is 0 Å². The van der Waals surface area contributed by atoms with Gasteiger partial charge in [0.2, 0.25) is 0 Å². The maximum Gasteiger partial charge on any atom is 0.390 e. The molecule has 106 valence electrons. The number of nitrogens with zero attached hydrogens (tertiary/aromatic N) is 1. The Morgan fingerprint density at radius 3 is 2.39 bits per heavy atom. The second kappa shape index (κ2) is 7.04. The third kappa shape index (κ3) is 7.71. The van der Waals surface area contributed by atoms with Crippen molar-refractivity contribution in [1.82, 2.24) is 10.2 Å². The van der Waals surface area contributed by atoms with Gasteiger partial charge in [-0.2, -0.15) is 13.2 Å². The highest BCUT2D eigenvalue weighted by atomic mass is 19.4. The predicted octanol–water partition coefficient (Wildman–Crippen LogP) is 0.416. The van der Waals surface area contributed by atoms with Crippen LogP contribution in [0, 0.1) is 0 Å². The maximum atomic E-state index is 11.9. The molecule has 0 heterocycles. The van der Waals surface area contributed by atoms with Gasteiger partial charge >= 0.3 is 18.2 Å². The first kappa shape index (κ1) is 16.5. The van der Waals surface area contributed by atoms with Gasteiger partial charge in [0, 0.05) is 26.6 Å². The second-order valence-corrected chi connectivity index (χ2v) is 3.66. The predicted molar refractivity (Wildman–Crippen MR) is 55.0 cm³/mol. The minimum Gasteiger partial charge on any atom is -0.479 e. The van der Waals surface area contributed by atoms with E-state index in [0.29, 0.717) is 0 Å². The molecule has 0 aromatic carbocycles. The highest BCUT2D eigenvalue weighted by Crippen LogP contribution is 2.19. The first-order valence-electron chi connectivity index (χ1n) is 5.10. The molecule has 0 aliphatic rings. The molecular weight excluding hydrogens is 257 g/mol. The lowest BCUT2D eigenvalue weighted by atomic mass is 10.2. The van der Waals surface area contributed by atoms with Gasteiger partial charge in [-0.05, 0) is 0 Å². The number of carbonyl (C=O) groups excluding carboxylic acids is 1. The maximum absolute atomic E-state index is 11.9. The molecule has 0 spiro atoms. The van der Waals surface area contributed by atoms with Crippen molar-refractivity contribution in [3.05, 3.63) is 0 Å². The van der Waals surface area contributed by atoms with E-state index in [1.807, 2.05) is 0 Å². The summed E-state index contributed by atoms with van der Waals surface area (Å²) >= 11 is 0. The molecule has 3 N–H and O–H groups in total. The van der Waals surface area contributed by atoms with Crippen LogP contribution in [0.4, 0.5) is 18.0 Å². The number of amides is 2. The monoisotopic (exact) mass is 272 g/mol. The molecule has 0 aliphatic carbocycles. The number of carboxylic acid groups (broad SMARTS) is 1. The normalized spacial score (nSPS) is 12.9. The van der Waals surface area contributed by atoms with Crippen LogP contribution in [-0.4, -0.2) is 59.5 Å². The molecular formula is C9H15F3N2O4. The number of carboxylic acids is 1. The number of aliphatic hydroxyl groups excluding tert-OH is 1. The third-order valence-electron chi connectivity index (χ3n) is 2.06. The summed E-state index contributed by atoms with van der Waals surface area (Å²) in [6, 6.07) is -0.753. The lowest BCUT2D eigenvalue weighted by Crippen LogP contribution is -2.40. The second-order valence-electron chi connectivity index (χ2n) is 3.66. The quantitative estimate of drug-likeness (QED) is 0.653. The van der Waals surface area contributed by atoms with Crippen LogP contribution < -0.4 is 5.32 Å². The summed E-state index contributed by atoms with van der Waals surface area (Å²) < 4.78 is 35.6. The summed E-state index contributed by atoms with van der Waals surface area (Å²) in [5.74, 6) is -1.42. The first-order chi connectivity index (χ1) is 8.13. The molecule has 0 saturated carbocycles. The average molecular weight is 272 g/mol. The molecule has 6 nitrogen and oxygen atoms in total. The molecule has 9 heteroatoms. The molecule has 18 heavy (non-hydrogen) atoms. The number of hydrogen-bond acceptors (Lipinski definition) is 3. The van der Waals surface area contributed by atoms with E-state index in [0.717, 1.165) is 4.90 Å². The smallest absolute Gasteiger partial charge is 0.390 e. The highest BCUT2D eigenvalue weighted by Gasteiger charge is 2.28. The van der Waals surface area contributed by atoms with Gasteiger partial charge in [-0.25, -0.2) is 9.59 Å². The lowest BCUT2D eigenvalue weighted by molar-refractivity contribution is -0.146. The Hall–Kier alpha value is -1.51. The number of nitrogens with one attached hydrogen (secondary N) is 1. The lowest BCUT2D eigenvalue weighted by Gasteiger charge is -2.19. The van der Waals surface area contributed by atoms with Crippen molar-refractivity contribution in [3.8, 4) is 0 Å². The van der Waals surface area contributed by atoms with E-state index in [2.05, 4.69) is 5.32 Å². The van der Waals surface area contributed by atoms with Gasteiger partial charge in [-0.1, -0.05) is 0 Å². The van der Waals surface area contributed by atoms with Crippen molar-refractivity contribution in [1.29, 1.82) is 0 Å². The van der Waals surface area contributed by atoms with Crippen LogP contribution in [0.5, 0.6) is 0 Å². The highest BCUT2D eigenvalue weighted by molar-refractivity contribution is 5.74. The van der Waals surface area contributed by atoms with E-state index in [-0.39, 0.29) is 13.0 Å². The summed E-state index contributed by atoms with van der Waals surface area (Å²) in [6.07, 6.45) is -7.28. The number of urea groups is 1. The van der Waals surface area contributed by atoms with E-state index in [9.17, 15) is 22.8 Å². The zero-order chi connectivity index (χ0) is 14.3. The zero-order valence-corrected chi connectivity index (χ0v) is 9.70. The first-order valence-corrected chi connectivity index (χ1v) is 5.10. The molecule has 0 aliphatic heterocycles. The number of aliphatic hydroxyl groups is 1. The van der Waals surface area contributed by atoms with Crippen molar-refractivity contribution in [2.45, 2.75) is 25.1 Å². The van der Waals surface area contributed by atoms with Crippen molar-refractivity contribution in [2.24, 2.45) is 0 Å². The summed E-state index contributed by atoms with van der Waals surface area (Å²) in [4.78, 5) is 22.3. The van der Waals surface area contributed by atoms with E-state index in [1.165, 1.54) is 7.05 Å².